The first-order valence-electron chi connectivity index (χ1n) is 7.26. The van der Waals surface area contributed by atoms with Crippen molar-refractivity contribution in [2.75, 3.05) is 0 Å². The van der Waals surface area contributed by atoms with E-state index in [1.807, 2.05) is 0 Å². The van der Waals surface area contributed by atoms with Crippen molar-refractivity contribution in [3.63, 3.8) is 0 Å². The van der Waals surface area contributed by atoms with Crippen molar-refractivity contribution in [1.82, 2.24) is 9.97 Å². The zero-order chi connectivity index (χ0) is 18.0. The van der Waals surface area contributed by atoms with Crippen molar-refractivity contribution < 1.29 is 18.0 Å². The quantitative estimate of drug-likeness (QED) is 0.783. The summed E-state index contributed by atoms with van der Waals surface area (Å²) in [5.74, 6) is -0.858. The van der Waals surface area contributed by atoms with Crippen LogP contribution >= 0.6 is 0 Å². The van der Waals surface area contributed by atoms with Gasteiger partial charge in [0.15, 0.2) is 5.69 Å². The standard InChI is InChI=1S/C18H12F3N3O/c19-18(20,21)14-10-12(15-16(17(22)25)24-9-8-23-15)6-7-13(14)11-4-2-1-3-5-11/h1-10H,(H2,22,25). The molecular weight excluding hydrogens is 331 g/mol. The summed E-state index contributed by atoms with van der Waals surface area (Å²) in [6, 6.07) is 12.0. The van der Waals surface area contributed by atoms with Crippen LogP contribution in [0.2, 0.25) is 0 Å². The first-order chi connectivity index (χ1) is 11.9. The maximum Gasteiger partial charge on any atom is 0.417 e. The number of rotatable bonds is 3. The highest BCUT2D eigenvalue weighted by molar-refractivity contribution is 5.97. The van der Waals surface area contributed by atoms with Crippen molar-refractivity contribution in [2.45, 2.75) is 6.18 Å². The number of amides is 1. The molecule has 0 radical (unpaired) electrons. The van der Waals surface area contributed by atoms with Crippen LogP contribution in [0.15, 0.2) is 60.9 Å². The van der Waals surface area contributed by atoms with Gasteiger partial charge in [0.25, 0.3) is 5.91 Å². The van der Waals surface area contributed by atoms with Gasteiger partial charge in [-0.25, -0.2) is 4.98 Å². The van der Waals surface area contributed by atoms with Gasteiger partial charge in [-0.3, -0.25) is 9.78 Å². The minimum atomic E-state index is -4.57. The molecule has 0 spiro atoms. The highest BCUT2D eigenvalue weighted by atomic mass is 19.4. The number of carbonyl (C=O) groups is 1. The van der Waals surface area contributed by atoms with Gasteiger partial charge < -0.3 is 5.73 Å². The van der Waals surface area contributed by atoms with Gasteiger partial charge in [0.2, 0.25) is 0 Å². The molecule has 0 atom stereocenters. The number of carbonyl (C=O) groups excluding carboxylic acids is 1. The maximum absolute atomic E-state index is 13.6. The second kappa shape index (κ2) is 6.35. The second-order valence-corrected chi connectivity index (χ2v) is 5.24. The zero-order valence-electron chi connectivity index (χ0n) is 12.8. The summed E-state index contributed by atoms with van der Waals surface area (Å²) < 4.78 is 40.7. The number of nitrogens with zero attached hydrogens (tertiary/aromatic N) is 2. The Labute approximate surface area is 141 Å². The molecule has 0 saturated carbocycles. The molecule has 0 fully saturated rings. The van der Waals surface area contributed by atoms with Crippen molar-refractivity contribution in [2.24, 2.45) is 5.73 Å². The fourth-order valence-corrected chi connectivity index (χ4v) is 2.53. The molecule has 4 nitrogen and oxygen atoms in total. The Balaban J connectivity index is 2.22. The van der Waals surface area contributed by atoms with Crippen LogP contribution in [0.1, 0.15) is 16.1 Å². The largest absolute Gasteiger partial charge is 0.417 e. The molecular formula is C18H12F3N3O. The number of benzene rings is 2. The molecule has 0 saturated heterocycles. The van der Waals surface area contributed by atoms with Crippen molar-refractivity contribution in [3.8, 4) is 22.4 Å². The van der Waals surface area contributed by atoms with Crippen LogP contribution in [-0.4, -0.2) is 15.9 Å². The van der Waals surface area contributed by atoms with Gasteiger partial charge in [-0.15, -0.1) is 0 Å². The Hall–Kier alpha value is -3.22. The van der Waals surface area contributed by atoms with Crippen LogP contribution < -0.4 is 5.73 Å². The zero-order valence-corrected chi connectivity index (χ0v) is 12.8. The average molecular weight is 343 g/mol. The predicted octanol–water partition coefficient (Wildman–Crippen LogP) is 3.93. The van der Waals surface area contributed by atoms with Crippen LogP contribution in [0.3, 0.4) is 0 Å². The second-order valence-electron chi connectivity index (χ2n) is 5.24. The van der Waals surface area contributed by atoms with Gasteiger partial charge >= 0.3 is 6.18 Å². The third kappa shape index (κ3) is 3.35. The lowest BCUT2D eigenvalue weighted by Crippen LogP contribution is -2.15. The van der Waals surface area contributed by atoms with Crippen LogP contribution in [0.4, 0.5) is 13.2 Å². The molecule has 1 aromatic heterocycles. The molecule has 7 heteroatoms. The van der Waals surface area contributed by atoms with E-state index < -0.39 is 17.6 Å². The molecule has 126 valence electrons. The van der Waals surface area contributed by atoms with Crippen LogP contribution in [0, 0.1) is 0 Å². The Kier molecular flexibility index (Phi) is 4.22. The van der Waals surface area contributed by atoms with Gasteiger partial charge in [-0.1, -0.05) is 42.5 Å². The van der Waals surface area contributed by atoms with Crippen molar-refractivity contribution in [1.29, 1.82) is 0 Å². The third-order valence-corrected chi connectivity index (χ3v) is 3.61. The van der Waals surface area contributed by atoms with E-state index in [0.29, 0.717) is 5.56 Å². The third-order valence-electron chi connectivity index (χ3n) is 3.61. The molecule has 0 aliphatic rings. The number of nitrogens with two attached hydrogens (primary N) is 1. The molecule has 2 aromatic carbocycles. The topological polar surface area (TPSA) is 68.9 Å². The Morgan fingerprint density at radius 2 is 1.60 bits per heavy atom. The Bertz CT molecular complexity index is 924. The molecule has 25 heavy (non-hydrogen) atoms. The number of aromatic nitrogens is 2. The van der Waals surface area contributed by atoms with E-state index in [4.69, 9.17) is 5.73 Å². The normalized spacial score (nSPS) is 11.3. The maximum atomic E-state index is 13.6. The van der Waals surface area contributed by atoms with E-state index in [1.54, 1.807) is 30.3 Å². The van der Waals surface area contributed by atoms with Gasteiger partial charge in [0, 0.05) is 18.0 Å². The number of primary amides is 1. The van der Waals surface area contributed by atoms with Crippen LogP contribution in [0.25, 0.3) is 22.4 Å². The highest BCUT2D eigenvalue weighted by Crippen LogP contribution is 2.39. The lowest BCUT2D eigenvalue weighted by molar-refractivity contribution is -0.137. The molecule has 2 N–H and O–H groups in total. The molecule has 3 aromatic rings. The first-order valence-corrected chi connectivity index (χ1v) is 7.26. The summed E-state index contributed by atoms with van der Waals surface area (Å²) in [6.07, 6.45) is -2.02. The summed E-state index contributed by atoms with van der Waals surface area (Å²) >= 11 is 0. The summed E-state index contributed by atoms with van der Waals surface area (Å²) in [5, 5.41) is 0. The molecule has 0 aliphatic heterocycles. The van der Waals surface area contributed by atoms with E-state index in [1.165, 1.54) is 24.5 Å². The van der Waals surface area contributed by atoms with Gasteiger partial charge in [0.1, 0.15) is 5.69 Å². The van der Waals surface area contributed by atoms with E-state index in [2.05, 4.69) is 9.97 Å². The van der Waals surface area contributed by atoms with Crippen LogP contribution in [-0.2, 0) is 6.18 Å². The fourth-order valence-electron chi connectivity index (χ4n) is 2.53. The molecule has 1 heterocycles. The number of alkyl halides is 3. The molecule has 0 bridgehead atoms. The summed E-state index contributed by atoms with van der Waals surface area (Å²) in [6.45, 7) is 0. The molecule has 3 rings (SSSR count). The minimum Gasteiger partial charge on any atom is -0.364 e. The van der Waals surface area contributed by atoms with Gasteiger partial charge in [0.05, 0.1) is 5.56 Å². The average Bonchev–Trinajstić information content (AvgIpc) is 2.61. The monoisotopic (exact) mass is 343 g/mol. The SMILES string of the molecule is NC(=O)c1nccnc1-c1ccc(-c2ccccc2)c(C(F)(F)F)c1. The van der Waals surface area contributed by atoms with E-state index >= 15 is 0 Å². The summed E-state index contributed by atoms with van der Waals surface area (Å²) in [7, 11) is 0. The van der Waals surface area contributed by atoms with E-state index in [9.17, 15) is 18.0 Å². The Morgan fingerprint density at radius 3 is 2.24 bits per heavy atom. The summed E-state index contributed by atoms with van der Waals surface area (Å²) in [5.41, 5.74) is 4.85. The van der Waals surface area contributed by atoms with Gasteiger partial charge in [-0.2, -0.15) is 13.2 Å². The van der Waals surface area contributed by atoms with Crippen molar-refractivity contribution >= 4 is 5.91 Å². The lowest BCUT2D eigenvalue weighted by Gasteiger charge is -2.15. The smallest absolute Gasteiger partial charge is 0.364 e. The van der Waals surface area contributed by atoms with E-state index in [0.717, 1.165) is 6.07 Å². The summed E-state index contributed by atoms with van der Waals surface area (Å²) in [4.78, 5) is 19.2. The molecule has 0 unspecified atom stereocenters. The first kappa shape index (κ1) is 16.6. The van der Waals surface area contributed by atoms with Crippen LogP contribution in [0.5, 0.6) is 0 Å². The number of halogens is 3. The van der Waals surface area contributed by atoms with E-state index in [-0.39, 0.29) is 22.5 Å². The predicted molar refractivity (Wildman–Crippen MR) is 86.4 cm³/mol. The number of hydrogen-bond donors (Lipinski definition) is 1. The fraction of sp³-hybridized carbons (Fsp3) is 0.0556. The molecule has 0 aliphatic carbocycles. The van der Waals surface area contributed by atoms with Gasteiger partial charge in [-0.05, 0) is 17.2 Å². The number of hydrogen-bond acceptors (Lipinski definition) is 3. The Morgan fingerprint density at radius 1 is 0.920 bits per heavy atom. The minimum absolute atomic E-state index is 0.0140. The molecule has 1 amide bonds. The highest BCUT2D eigenvalue weighted by Gasteiger charge is 2.34. The van der Waals surface area contributed by atoms with Crippen molar-refractivity contribution in [3.05, 3.63) is 72.2 Å². The lowest BCUT2D eigenvalue weighted by atomic mass is 9.95.